The van der Waals surface area contributed by atoms with Crippen LogP contribution < -0.4 is 5.32 Å². The maximum Gasteiger partial charge on any atom is 0.202 e. The highest BCUT2D eigenvalue weighted by Gasteiger charge is 2.07. The molecule has 92 valence electrons. The Balaban J connectivity index is 1.81. The van der Waals surface area contributed by atoms with Gasteiger partial charge in [0.05, 0.1) is 10.7 Å². The molecule has 6 heteroatoms. The summed E-state index contributed by atoms with van der Waals surface area (Å²) in [5.74, 6) is 1.31. The first-order valence-electron chi connectivity index (χ1n) is 5.63. The van der Waals surface area contributed by atoms with Crippen LogP contribution in [0, 0.1) is 6.92 Å². The molecular weight excluding hydrogens is 252 g/mol. The van der Waals surface area contributed by atoms with Gasteiger partial charge in [0.1, 0.15) is 5.82 Å². The van der Waals surface area contributed by atoms with Gasteiger partial charge >= 0.3 is 0 Å². The molecule has 2 aromatic rings. The van der Waals surface area contributed by atoms with E-state index in [1.165, 1.54) is 11.5 Å². The summed E-state index contributed by atoms with van der Waals surface area (Å²) in [6, 6.07) is 0. The van der Waals surface area contributed by atoms with Crippen molar-refractivity contribution < 1.29 is 0 Å². The lowest BCUT2D eigenvalue weighted by Crippen LogP contribution is -2.05. The lowest BCUT2D eigenvalue weighted by molar-refractivity contribution is 0.798. The van der Waals surface area contributed by atoms with E-state index < -0.39 is 0 Å². The maximum atomic E-state index is 4.42. The average molecular weight is 268 g/mol. The molecular formula is C11H16N4S2. The Bertz CT molecular complexity index is 475. The van der Waals surface area contributed by atoms with Crippen LogP contribution in [0.5, 0.6) is 0 Å². The molecule has 1 N–H and O–H groups in total. The second-order valence-corrected chi connectivity index (χ2v) is 5.96. The molecule has 0 aliphatic carbocycles. The zero-order valence-electron chi connectivity index (χ0n) is 10.2. The van der Waals surface area contributed by atoms with Crippen molar-refractivity contribution in [1.82, 2.24) is 14.3 Å². The van der Waals surface area contributed by atoms with Crippen LogP contribution in [0.2, 0.25) is 0 Å². The van der Waals surface area contributed by atoms with Gasteiger partial charge in [-0.3, -0.25) is 0 Å². The number of nitrogens with one attached hydrogen (secondary N) is 1. The number of aromatic nitrogens is 3. The van der Waals surface area contributed by atoms with Crippen LogP contribution in [0.3, 0.4) is 0 Å². The molecule has 0 aliphatic rings. The number of thiazole rings is 1. The number of nitrogens with zero attached hydrogens (tertiary/aromatic N) is 3. The monoisotopic (exact) mass is 268 g/mol. The fraction of sp³-hybridized carbons (Fsp3) is 0.545. The van der Waals surface area contributed by atoms with Crippen molar-refractivity contribution in [2.24, 2.45) is 0 Å². The summed E-state index contributed by atoms with van der Waals surface area (Å²) < 4.78 is 4.30. The van der Waals surface area contributed by atoms with Gasteiger partial charge in [0.25, 0.3) is 0 Å². The molecule has 0 bridgehead atoms. The quantitative estimate of drug-likeness (QED) is 0.905. The molecule has 0 saturated heterocycles. The van der Waals surface area contributed by atoms with Crippen LogP contribution in [0.4, 0.5) is 5.13 Å². The summed E-state index contributed by atoms with van der Waals surface area (Å²) in [5, 5.41) is 7.42. The van der Waals surface area contributed by atoms with Crippen molar-refractivity contribution in [2.75, 3.05) is 11.9 Å². The normalized spacial score (nSPS) is 11.1. The summed E-state index contributed by atoms with van der Waals surface area (Å²) in [6.45, 7) is 7.09. The summed E-state index contributed by atoms with van der Waals surface area (Å²) in [4.78, 5) is 8.85. The fourth-order valence-corrected chi connectivity index (χ4v) is 2.74. The van der Waals surface area contributed by atoms with Crippen LogP contribution >= 0.6 is 22.9 Å². The Morgan fingerprint density at radius 3 is 2.76 bits per heavy atom. The third-order valence-corrected chi connectivity index (χ3v) is 3.79. The van der Waals surface area contributed by atoms with Crippen molar-refractivity contribution in [3.05, 3.63) is 21.9 Å². The number of hydrogen-bond acceptors (Lipinski definition) is 6. The lowest BCUT2D eigenvalue weighted by atomic mass is 10.2. The molecule has 2 heterocycles. The van der Waals surface area contributed by atoms with Crippen molar-refractivity contribution in [3.63, 3.8) is 0 Å². The molecule has 0 amide bonds. The zero-order chi connectivity index (χ0) is 12.3. The first-order valence-corrected chi connectivity index (χ1v) is 7.29. The Hall–Kier alpha value is -1.01. The van der Waals surface area contributed by atoms with Gasteiger partial charge in [-0.2, -0.15) is 4.37 Å². The second kappa shape index (κ2) is 5.55. The van der Waals surface area contributed by atoms with Gasteiger partial charge < -0.3 is 5.32 Å². The summed E-state index contributed by atoms with van der Waals surface area (Å²) in [7, 11) is 0. The molecule has 4 nitrogen and oxygen atoms in total. The molecule has 0 saturated carbocycles. The van der Waals surface area contributed by atoms with Crippen molar-refractivity contribution >= 4 is 28.0 Å². The van der Waals surface area contributed by atoms with Gasteiger partial charge in [0.2, 0.25) is 5.13 Å². The topological polar surface area (TPSA) is 50.7 Å². The molecule has 0 atom stereocenters. The maximum absolute atomic E-state index is 4.42. The van der Waals surface area contributed by atoms with E-state index in [4.69, 9.17) is 0 Å². The minimum Gasteiger partial charge on any atom is -0.360 e. The molecule has 2 aromatic heterocycles. The Morgan fingerprint density at radius 2 is 2.18 bits per heavy atom. The van der Waals surface area contributed by atoms with Crippen molar-refractivity contribution in [3.8, 4) is 0 Å². The van der Waals surface area contributed by atoms with Crippen LogP contribution in [0.1, 0.15) is 36.3 Å². The highest BCUT2D eigenvalue weighted by molar-refractivity contribution is 7.09. The smallest absolute Gasteiger partial charge is 0.202 e. The molecule has 0 aliphatic heterocycles. The second-order valence-electron chi connectivity index (χ2n) is 4.15. The zero-order valence-corrected chi connectivity index (χ0v) is 11.9. The number of rotatable bonds is 5. The van der Waals surface area contributed by atoms with Gasteiger partial charge in [0, 0.05) is 35.8 Å². The predicted octanol–water partition coefficient (Wildman–Crippen LogP) is 3.08. The van der Waals surface area contributed by atoms with E-state index in [0.717, 1.165) is 34.6 Å². The molecule has 17 heavy (non-hydrogen) atoms. The summed E-state index contributed by atoms with van der Waals surface area (Å²) in [6.07, 6.45) is 0.931. The van der Waals surface area contributed by atoms with E-state index in [1.54, 1.807) is 11.3 Å². The van der Waals surface area contributed by atoms with E-state index in [9.17, 15) is 0 Å². The molecule has 0 aromatic carbocycles. The molecule has 0 unspecified atom stereocenters. The van der Waals surface area contributed by atoms with Gasteiger partial charge in [0.15, 0.2) is 0 Å². The van der Waals surface area contributed by atoms with E-state index in [2.05, 4.69) is 38.9 Å². The first kappa shape index (κ1) is 12.4. The van der Waals surface area contributed by atoms with Crippen molar-refractivity contribution in [1.29, 1.82) is 0 Å². The van der Waals surface area contributed by atoms with E-state index in [1.807, 2.05) is 6.92 Å². The van der Waals surface area contributed by atoms with Crippen LogP contribution in [-0.4, -0.2) is 20.9 Å². The SMILES string of the molecule is Cc1nc(CCNc2nc(C(C)C)ns2)cs1. The standard InChI is InChI=1S/C11H16N4S2/c1-7(2)10-14-11(17-15-10)12-5-4-9-6-16-8(3)13-9/h6-7H,4-5H2,1-3H3,(H,12,14,15). The summed E-state index contributed by atoms with van der Waals surface area (Å²) in [5.41, 5.74) is 1.15. The van der Waals surface area contributed by atoms with Gasteiger partial charge in [-0.05, 0) is 6.92 Å². The predicted molar refractivity (Wildman–Crippen MR) is 73.0 cm³/mol. The van der Waals surface area contributed by atoms with Crippen LogP contribution in [0.25, 0.3) is 0 Å². The van der Waals surface area contributed by atoms with Crippen LogP contribution in [-0.2, 0) is 6.42 Å². The molecule has 2 rings (SSSR count). The first-order chi connectivity index (χ1) is 8.15. The van der Waals surface area contributed by atoms with E-state index in [-0.39, 0.29) is 0 Å². The minimum atomic E-state index is 0.392. The third kappa shape index (κ3) is 3.47. The van der Waals surface area contributed by atoms with E-state index in [0.29, 0.717) is 5.92 Å². The van der Waals surface area contributed by atoms with Gasteiger partial charge in [-0.15, -0.1) is 11.3 Å². The number of hydrogen-bond donors (Lipinski definition) is 1. The molecule has 0 radical (unpaired) electrons. The van der Waals surface area contributed by atoms with Gasteiger partial charge in [-0.1, -0.05) is 13.8 Å². The number of anilines is 1. The Kier molecular flexibility index (Phi) is 4.06. The summed E-state index contributed by atoms with van der Waals surface area (Å²) >= 11 is 3.12. The van der Waals surface area contributed by atoms with Gasteiger partial charge in [-0.25, -0.2) is 9.97 Å². The fourth-order valence-electron chi connectivity index (χ4n) is 1.36. The highest BCUT2D eigenvalue weighted by Crippen LogP contribution is 2.17. The molecule has 0 fully saturated rings. The Labute approximate surface area is 109 Å². The third-order valence-electron chi connectivity index (χ3n) is 2.28. The van der Waals surface area contributed by atoms with Crippen LogP contribution in [0.15, 0.2) is 5.38 Å². The highest BCUT2D eigenvalue weighted by atomic mass is 32.1. The minimum absolute atomic E-state index is 0.392. The number of aryl methyl sites for hydroxylation is 1. The largest absolute Gasteiger partial charge is 0.360 e. The lowest BCUT2D eigenvalue weighted by Gasteiger charge is -1.99. The van der Waals surface area contributed by atoms with E-state index >= 15 is 0 Å². The Morgan fingerprint density at radius 1 is 1.35 bits per heavy atom. The average Bonchev–Trinajstić information content (AvgIpc) is 2.88. The van der Waals surface area contributed by atoms with Crippen molar-refractivity contribution in [2.45, 2.75) is 33.1 Å². The molecule has 0 spiro atoms.